The minimum atomic E-state index is -1.06. The molecule has 5 heteroatoms. The van der Waals surface area contributed by atoms with E-state index in [1.54, 1.807) is 0 Å². The van der Waals surface area contributed by atoms with Crippen molar-refractivity contribution in [1.29, 1.82) is 0 Å². The van der Waals surface area contributed by atoms with Crippen LogP contribution in [0, 0.1) is 5.92 Å². The normalized spacial score (nSPS) is 15.2. The first-order valence-electron chi connectivity index (χ1n) is 6.40. The van der Waals surface area contributed by atoms with Crippen LogP contribution in [0.1, 0.15) is 39.0 Å². The van der Waals surface area contributed by atoms with Crippen molar-refractivity contribution in [3.8, 4) is 0 Å². The van der Waals surface area contributed by atoms with Gasteiger partial charge in [0.25, 0.3) is 0 Å². The van der Waals surface area contributed by atoms with Crippen LogP contribution >= 0.6 is 11.6 Å². The molecule has 18 heavy (non-hydrogen) atoms. The number of quaternary nitrogens is 1. The number of unbranched alkanes of at least 4 members (excludes halogenated alkanes) is 2. The molecular weight excluding hydrogens is 254 g/mol. The molecule has 0 rings (SSSR count). The highest BCUT2D eigenvalue weighted by molar-refractivity contribution is 6.20. The fourth-order valence-corrected chi connectivity index (χ4v) is 1.78. The van der Waals surface area contributed by atoms with E-state index in [1.165, 1.54) is 0 Å². The molecule has 0 saturated carbocycles. The van der Waals surface area contributed by atoms with E-state index >= 15 is 0 Å². The number of hydrogen-bond donors (Lipinski definition) is 1. The van der Waals surface area contributed by atoms with Crippen molar-refractivity contribution in [3.63, 3.8) is 0 Å². The number of halogens is 1. The lowest BCUT2D eigenvalue weighted by Gasteiger charge is -2.30. The van der Waals surface area contributed by atoms with Gasteiger partial charge >= 0.3 is 5.97 Å². The molecule has 4 nitrogen and oxygen atoms in total. The van der Waals surface area contributed by atoms with Crippen LogP contribution < -0.4 is 0 Å². The third-order valence-corrected chi connectivity index (χ3v) is 3.75. The second kappa shape index (κ2) is 7.74. The fourth-order valence-electron chi connectivity index (χ4n) is 1.60. The maximum atomic E-state index is 11.9. The van der Waals surface area contributed by atoms with Crippen LogP contribution in [0.4, 0.5) is 0 Å². The van der Waals surface area contributed by atoms with Gasteiger partial charge < -0.3 is 9.59 Å². The molecule has 0 heterocycles. The number of carbonyl (C=O) groups excluding carboxylic acids is 1. The Bertz CT molecular complexity index is 286. The maximum absolute atomic E-state index is 11.9. The number of rotatable bonds is 9. The number of carboxylic acid groups (broad SMARTS) is 1. The highest BCUT2D eigenvalue weighted by Gasteiger charge is 2.33. The number of ketones is 1. The molecule has 0 aliphatic heterocycles. The van der Waals surface area contributed by atoms with Crippen molar-refractivity contribution < 1.29 is 19.2 Å². The summed E-state index contributed by atoms with van der Waals surface area (Å²) in [5.41, 5.74) is -0.374. The Labute approximate surface area is 115 Å². The summed E-state index contributed by atoms with van der Waals surface area (Å²) in [5.74, 6) is -2.23. The van der Waals surface area contributed by atoms with Crippen LogP contribution in [0.5, 0.6) is 0 Å². The molecule has 0 spiro atoms. The molecule has 0 aromatic heterocycles. The molecule has 106 valence electrons. The van der Waals surface area contributed by atoms with Gasteiger partial charge in [0.05, 0.1) is 21.1 Å². The van der Waals surface area contributed by atoms with Gasteiger partial charge in [0, 0.05) is 12.8 Å². The van der Waals surface area contributed by atoms with Crippen LogP contribution in [-0.4, -0.2) is 48.0 Å². The summed E-state index contributed by atoms with van der Waals surface area (Å²) >= 11 is 6.16. The molecule has 0 aromatic rings. The number of Topliss-reactive ketones (excluding diaryl/α,β-unsaturated/α-hetero) is 1. The summed E-state index contributed by atoms with van der Waals surface area (Å²) in [7, 11) is 5.66. The van der Waals surface area contributed by atoms with Gasteiger partial charge in [0.1, 0.15) is 11.7 Å². The summed E-state index contributed by atoms with van der Waals surface area (Å²) in [6.07, 6.45) is 3.26. The Kier molecular flexibility index (Phi) is 7.48. The second-order valence-corrected chi connectivity index (χ2v) is 6.10. The number of nitrogens with zero attached hydrogens (tertiary/aromatic N) is 1. The minimum Gasteiger partial charge on any atom is -0.481 e. The van der Waals surface area contributed by atoms with Gasteiger partial charge in [-0.1, -0.05) is 31.4 Å². The quantitative estimate of drug-likeness (QED) is 0.232. The predicted octanol–water partition coefficient (Wildman–Crippen LogP) is 2.50. The van der Waals surface area contributed by atoms with E-state index in [4.69, 9.17) is 16.7 Å². The Morgan fingerprint density at radius 3 is 2.17 bits per heavy atom. The molecule has 0 unspecified atom stereocenters. The highest BCUT2D eigenvalue weighted by Crippen LogP contribution is 2.21. The predicted molar refractivity (Wildman–Crippen MR) is 72.6 cm³/mol. The first kappa shape index (κ1) is 17.4. The third-order valence-electron chi connectivity index (χ3n) is 2.98. The van der Waals surface area contributed by atoms with E-state index < -0.39 is 11.9 Å². The van der Waals surface area contributed by atoms with Gasteiger partial charge in [-0.3, -0.25) is 9.59 Å². The standard InChI is InChI=1S/C13H24ClNO3/c1-5-6-7-8-11(16)10(13(17)18)9-12(14)15(2,3)4/h10,12H,5-9H2,1-4H3/p+1/t10-,12-/m0/s1. The van der Waals surface area contributed by atoms with Crippen molar-refractivity contribution in [3.05, 3.63) is 0 Å². The zero-order chi connectivity index (χ0) is 14.3. The molecule has 0 aliphatic carbocycles. The van der Waals surface area contributed by atoms with Crippen molar-refractivity contribution in [2.75, 3.05) is 21.1 Å². The Morgan fingerprint density at radius 2 is 1.78 bits per heavy atom. The maximum Gasteiger partial charge on any atom is 0.314 e. The van der Waals surface area contributed by atoms with E-state index in [0.29, 0.717) is 10.9 Å². The summed E-state index contributed by atoms with van der Waals surface area (Å²) < 4.78 is 0.438. The van der Waals surface area contributed by atoms with E-state index in [-0.39, 0.29) is 17.7 Å². The first-order chi connectivity index (χ1) is 8.20. The SMILES string of the molecule is CCCCCC(=O)[C@H](C[C@@H](Cl)[N+](C)(C)C)C(=O)O. The molecule has 1 N–H and O–H groups in total. The van der Waals surface area contributed by atoms with Crippen LogP contribution in [-0.2, 0) is 9.59 Å². The Morgan fingerprint density at radius 1 is 1.22 bits per heavy atom. The summed E-state index contributed by atoms with van der Waals surface area (Å²) in [4.78, 5) is 23.0. The lowest BCUT2D eigenvalue weighted by Crippen LogP contribution is -2.44. The molecule has 0 bridgehead atoms. The Hall–Kier alpha value is -0.610. The number of carbonyl (C=O) groups is 2. The number of alkyl halides is 1. The first-order valence-corrected chi connectivity index (χ1v) is 6.84. The van der Waals surface area contributed by atoms with Gasteiger partial charge in [-0.15, -0.1) is 0 Å². The summed E-state index contributed by atoms with van der Waals surface area (Å²) in [5, 5.41) is 9.13. The molecule has 0 saturated heterocycles. The zero-order valence-corrected chi connectivity index (χ0v) is 12.5. The van der Waals surface area contributed by atoms with Crippen LogP contribution in [0.3, 0.4) is 0 Å². The largest absolute Gasteiger partial charge is 0.481 e. The van der Waals surface area contributed by atoms with Crippen LogP contribution in [0.25, 0.3) is 0 Å². The van der Waals surface area contributed by atoms with Gasteiger partial charge in [0.15, 0.2) is 5.50 Å². The van der Waals surface area contributed by atoms with Gasteiger partial charge in [-0.2, -0.15) is 0 Å². The fraction of sp³-hybridized carbons (Fsp3) is 0.846. The molecule has 0 radical (unpaired) electrons. The minimum absolute atomic E-state index is 0.186. The second-order valence-electron chi connectivity index (χ2n) is 5.60. The molecule has 0 aromatic carbocycles. The molecule has 0 aliphatic rings. The van der Waals surface area contributed by atoms with Crippen molar-refractivity contribution in [2.24, 2.45) is 5.92 Å². The smallest absolute Gasteiger partial charge is 0.314 e. The average Bonchev–Trinajstić information content (AvgIpc) is 2.23. The van der Waals surface area contributed by atoms with Crippen molar-refractivity contribution in [1.82, 2.24) is 0 Å². The van der Waals surface area contributed by atoms with E-state index in [2.05, 4.69) is 0 Å². The summed E-state index contributed by atoms with van der Waals surface area (Å²) in [6, 6.07) is 0. The van der Waals surface area contributed by atoms with E-state index in [0.717, 1.165) is 19.3 Å². The molecular formula is C13H25ClNO3+. The number of hydrogen-bond acceptors (Lipinski definition) is 2. The lowest BCUT2D eigenvalue weighted by molar-refractivity contribution is -0.883. The van der Waals surface area contributed by atoms with Gasteiger partial charge in [0.2, 0.25) is 0 Å². The molecule has 0 amide bonds. The Balaban J connectivity index is 4.48. The number of aliphatic carboxylic acids is 1. The van der Waals surface area contributed by atoms with E-state index in [1.807, 2.05) is 28.1 Å². The monoisotopic (exact) mass is 278 g/mol. The molecule has 2 atom stereocenters. The van der Waals surface area contributed by atoms with Gasteiger partial charge in [-0.25, -0.2) is 0 Å². The van der Waals surface area contributed by atoms with Crippen LogP contribution in [0.15, 0.2) is 0 Å². The van der Waals surface area contributed by atoms with E-state index in [9.17, 15) is 9.59 Å². The zero-order valence-electron chi connectivity index (χ0n) is 11.8. The van der Waals surface area contributed by atoms with Gasteiger partial charge in [-0.05, 0) is 6.42 Å². The third kappa shape index (κ3) is 6.36. The summed E-state index contributed by atoms with van der Waals surface area (Å²) in [6.45, 7) is 2.05. The lowest BCUT2D eigenvalue weighted by atomic mass is 9.95. The average molecular weight is 279 g/mol. The van der Waals surface area contributed by atoms with Crippen molar-refractivity contribution in [2.45, 2.75) is 44.5 Å². The van der Waals surface area contributed by atoms with Crippen LogP contribution in [0.2, 0.25) is 0 Å². The number of carboxylic acids is 1. The topological polar surface area (TPSA) is 54.4 Å². The van der Waals surface area contributed by atoms with Crippen molar-refractivity contribution >= 4 is 23.4 Å². The highest BCUT2D eigenvalue weighted by atomic mass is 35.5. The molecule has 0 fully saturated rings.